The van der Waals surface area contributed by atoms with Gasteiger partial charge < -0.3 is 9.73 Å². The van der Waals surface area contributed by atoms with Gasteiger partial charge in [0.15, 0.2) is 11.6 Å². The Hall–Kier alpha value is -3.16. The van der Waals surface area contributed by atoms with Crippen molar-refractivity contribution in [1.82, 2.24) is 19.7 Å². The van der Waals surface area contributed by atoms with Crippen LogP contribution < -0.4 is 5.32 Å². The summed E-state index contributed by atoms with van der Waals surface area (Å²) < 4.78 is 7.25. The van der Waals surface area contributed by atoms with Gasteiger partial charge in [-0.3, -0.25) is 4.79 Å². The van der Waals surface area contributed by atoms with Gasteiger partial charge in [0.05, 0.1) is 27.6 Å². The van der Waals surface area contributed by atoms with Crippen LogP contribution in [-0.4, -0.2) is 25.5 Å². The normalized spacial score (nSPS) is 15.6. The first kappa shape index (κ1) is 20.7. The third-order valence-corrected chi connectivity index (χ3v) is 6.16. The number of nitrogens with zero attached hydrogens (tertiary/aromatic N) is 4. The molecule has 1 N–H and O–H groups in total. The second-order valence-electron chi connectivity index (χ2n) is 7.83. The number of hydrogen-bond donors (Lipinski definition) is 1. The number of Topliss-reactive ketones (excluding diaryl/α,β-unsaturated/α-hetero) is 1. The van der Waals surface area contributed by atoms with Crippen molar-refractivity contribution in [1.29, 1.82) is 0 Å². The second kappa shape index (κ2) is 8.07. The molecule has 1 aromatic carbocycles. The third kappa shape index (κ3) is 3.78. The summed E-state index contributed by atoms with van der Waals surface area (Å²) in [6.07, 6.45) is 2.52. The zero-order valence-corrected chi connectivity index (χ0v) is 18.9. The van der Waals surface area contributed by atoms with E-state index in [1.54, 1.807) is 29.1 Å². The maximum atomic E-state index is 13.3. The molecule has 32 heavy (non-hydrogen) atoms. The van der Waals surface area contributed by atoms with Crippen molar-refractivity contribution in [3.05, 3.63) is 81.1 Å². The summed E-state index contributed by atoms with van der Waals surface area (Å²) in [5.41, 5.74) is 3.59. The highest BCUT2D eigenvalue weighted by Crippen LogP contribution is 2.38. The van der Waals surface area contributed by atoms with Crippen LogP contribution in [0.25, 0.3) is 5.95 Å². The van der Waals surface area contributed by atoms with Crippen LogP contribution >= 0.6 is 23.2 Å². The minimum absolute atomic E-state index is 0.0224. The van der Waals surface area contributed by atoms with Gasteiger partial charge in [0.25, 0.3) is 5.95 Å². The lowest BCUT2D eigenvalue weighted by Gasteiger charge is -2.21. The number of furan rings is 1. The maximum absolute atomic E-state index is 13.3. The molecule has 0 aliphatic heterocycles. The van der Waals surface area contributed by atoms with Crippen molar-refractivity contribution < 1.29 is 9.21 Å². The third-order valence-electron chi connectivity index (χ3n) is 5.42. The Bertz CT molecular complexity index is 1310. The van der Waals surface area contributed by atoms with E-state index in [2.05, 4.69) is 15.3 Å². The fourth-order valence-electron chi connectivity index (χ4n) is 4.06. The molecule has 3 aromatic heterocycles. The van der Waals surface area contributed by atoms with E-state index < -0.39 is 0 Å². The minimum Gasteiger partial charge on any atom is -0.469 e. The summed E-state index contributed by atoms with van der Waals surface area (Å²) in [5.74, 6) is 1.53. The number of benzene rings is 1. The Kier molecular flexibility index (Phi) is 5.23. The molecular formula is C23H19Cl2N5O2. The molecule has 162 valence electrons. The van der Waals surface area contributed by atoms with Crippen LogP contribution in [0.15, 0.2) is 47.1 Å². The second-order valence-corrected chi connectivity index (χ2v) is 8.64. The van der Waals surface area contributed by atoms with Crippen molar-refractivity contribution in [2.24, 2.45) is 0 Å². The van der Waals surface area contributed by atoms with Crippen LogP contribution in [0.4, 0.5) is 11.5 Å². The lowest BCUT2D eigenvalue weighted by molar-refractivity contribution is 0.0960. The molecule has 9 heteroatoms. The molecule has 0 spiro atoms. The van der Waals surface area contributed by atoms with Gasteiger partial charge in [0, 0.05) is 35.8 Å². The first-order valence-electron chi connectivity index (χ1n) is 10.1. The van der Waals surface area contributed by atoms with Crippen molar-refractivity contribution in [2.75, 3.05) is 5.32 Å². The topological polar surface area (TPSA) is 85.8 Å². The van der Waals surface area contributed by atoms with Gasteiger partial charge in [-0.25, -0.2) is 14.6 Å². The molecule has 1 unspecified atom stereocenters. The van der Waals surface area contributed by atoms with Gasteiger partial charge in [-0.05, 0) is 50.2 Å². The molecular weight excluding hydrogens is 449 g/mol. The number of hydrogen-bond acceptors (Lipinski definition) is 6. The number of ketones is 1. The molecule has 0 saturated heterocycles. The molecule has 3 heterocycles. The Labute approximate surface area is 194 Å². The highest BCUT2D eigenvalue weighted by Gasteiger charge is 2.35. The number of halogens is 2. The van der Waals surface area contributed by atoms with Gasteiger partial charge in [-0.1, -0.05) is 23.2 Å². The van der Waals surface area contributed by atoms with Crippen molar-refractivity contribution in [3.63, 3.8) is 0 Å². The molecule has 1 atom stereocenters. The SMILES string of the molecule is Cc1cc(C)nc(-n2nc(Nc3ccc(Cl)c(Cl)c3)c3c2CC(c2ccco2)CC3=O)n1. The zero-order chi connectivity index (χ0) is 22.4. The van der Waals surface area contributed by atoms with Crippen LogP contribution in [0.3, 0.4) is 0 Å². The molecule has 1 aliphatic carbocycles. The van der Waals surface area contributed by atoms with Gasteiger partial charge in [0.1, 0.15) is 5.76 Å². The van der Waals surface area contributed by atoms with Crippen LogP contribution in [-0.2, 0) is 6.42 Å². The average Bonchev–Trinajstić information content (AvgIpc) is 3.39. The first-order valence-corrected chi connectivity index (χ1v) is 10.9. The van der Waals surface area contributed by atoms with Gasteiger partial charge in [0.2, 0.25) is 0 Å². The van der Waals surface area contributed by atoms with E-state index in [-0.39, 0.29) is 11.7 Å². The summed E-state index contributed by atoms with van der Waals surface area (Å²) in [6.45, 7) is 3.81. The number of aryl methyl sites for hydroxylation is 2. The number of carbonyl (C=O) groups excluding carboxylic acids is 1. The molecule has 0 saturated carbocycles. The lowest BCUT2D eigenvalue weighted by atomic mass is 9.85. The number of nitrogens with one attached hydrogen (secondary N) is 1. The lowest BCUT2D eigenvalue weighted by Crippen LogP contribution is -2.21. The van der Waals surface area contributed by atoms with Crippen molar-refractivity contribution in [2.45, 2.75) is 32.6 Å². The van der Waals surface area contributed by atoms with E-state index in [0.717, 1.165) is 22.8 Å². The van der Waals surface area contributed by atoms with E-state index in [1.165, 1.54) is 0 Å². The summed E-state index contributed by atoms with van der Waals surface area (Å²) in [7, 11) is 0. The summed E-state index contributed by atoms with van der Waals surface area (Å²) in [5, 5.41) is 8.79. The first-order chi connectivity index (χ1) is 15.4. The summed E-state index contributed by atoms with van der Waals surface area (Å²) in [4.78, 5) is 22.4. The number of anilines is 2. The average molecular weight is 468 g/mol. The van der Waals surface area contributed by atoms with Gasteiger partial charge in [-0.15, -0.1) is 5.10 Å². The number of rotatable bonds is 4. The number of fused-ring (bicyclic) bond motifs is 1. The van der Waals surface area contributed by atoms with Gasteiger partial charge in [-0.2, -0.15) is 0 Å². The van der Waals surface area contributed by atoms with Gasteiger partial charge >= 0.3 is 0 Å². The van der Waals surface area contributed by atoms with Crippen molar-refractivity contribution in [3.8, 4) is 5.95 Å². The minimum atomic E-state index is -0.0795. The molecule has 1 aliphatic rings. The summed E-state index contributed by atoms with van der Waals surface area (Å²) in [6, 6.07) is 10.8. The van der Waals surface area contributed by atoms with E-state index in [4.69, 9.17) is 32.7 Å². The summed E-state index contributed by atoms with van der Waals surface area (Å²) >= 11 is 12.2. The predicted molar refractivity (Wildman–Crippen MR) is 122 cm³/mol. The van der Waals surface area contributed by atoms with Crippen molar-refractivity contribution >= 4 is 40.5 Å². The fraction of sp³-hybridized carbons (Fsp3) is 0.217. The van der Waals surface area contributed by atoms with E-state index in [9.17, 15) is 4.79 Å². The van der Waals surface area contributed by atoms with Crippen LogP contribution in [0.5, 0.6) is 0 Å². The van der Waals surface area contributed by atoms with E-state index in [1.807, 2.05) is 32.0 Å². The Balaban J connectivity index is 1.64. The standard InChI is InChI=1S/C23H19Cl2N5O2/c1-12-8-13(2)27-23(26-12)30-18-9-14(20-4-3-7-32-20)10-19(31)21(18)22(29-30)28-15-5-6-16(24)17(25)11-15/h3-8,11,14H,9-10H2,1-2H3,(H,28,29). The smallest absolute Gasteiger partial charge is 0.251 e. The highest BCUT2D eigenvalue weighted by molar-refractivity contribution is 6.42. The molecule has 0 radical (unpaired) electrons. The maximum Gasteiger partial charge on any atom is 0.251 e. The molecule has 7 nitrogen and oxygen atoms in total. The molecule has 0 fully saturated rings. The largest absolute Gasteiger partial charge is 0.469 e. The Morgan fingerprint density at radius 2 is 1.84 bits per heavy atom. The van der Waals surface area contributed by atoms with Crippen LogP contribution in [0, 0.1) is 13.8 Å². The Morgan fingerprint density at radius 1 is 1.06 bits per heavy atom. The Morgan fingerprint density at radius 3 is 2.53 bits per heavy atom. The molecule has 0 bridgehead atoms. The number of aromatic nitrogens is 4. The van der Waals surface area contributed by atoms with Crippen LogP contribution in [0.2, 0.25) is 10.0 Å². The van der Waals surface area contributed by atoms with Crippen LogP contribution in [0.1, 0.15) is 45.5 Å². The zero-order valence-electron chi connectivity index (χ0n) is 17.4. The monoisotopic (exact) mass is 467 g/mol. The predicted octanol–water partition coefficient (Wildman–Crippen LogP) is 5.84. The highest BCUT2D eigenvalue weighted by atomic mass is 35.5. The fourth-order valence-corrected chi connectivity index (χ4v) is 4.35. The quantitative estimate of drug-likeness (QED) is 0.405. The molecule has 4 aromatic rings. The van der Waals surface area contributed by atoms with E-state index in [0.29, 0.717) is 45.9 Å². The molecule has 0 amide bonds. The van der Waals surface area contributed by atoms with E-state index >= 15 is 0 Å². The number of carbonyl (C=O) groups is 1. The molecule has 5 rings (SSSR count).